The molecule has 0 unspecified atom stereocenters. The first-order chi connectivity index (χ1) is 7.72. The lowest BCUT2D eigenvalue weighted by Crippen LogP contribution is -2.09. The highest BCUT2D eigenvalue weighted by molar-refractivity contribution is 9.10. The third-order valence-corrected chi connectivity index (χ3v) is 2.63. The van der Waals surface area contributed by atoms with E-state index in [9.17, 15) is 4.79 Å². The van der Waals surface area contributed by atoms with Crippen LogP contribution < -0.4 is 0 Å². The van der Waals surface area contributed by atoms with Crippen molar-refractivity contribution < 1.29 is 19.0 Å². The Morgan fingerprint density at radius 3 is 2.69 bits per heavy atom. The van der Waals surface area contributed by atoms with Gasteiger partial charge in [0, 0.05) is 10.0 Å². The predicted molar refractivity (Wildman–Crippen MR) is 59.5 cm³/mol. The molecular formula is C11H9BrO4. The summed E-state index contributed by atoms with van der Waals surface area (Å²) in [7, 11) is 1.34. The molecule has 0 saturated heterocycles. The van der Waals surface area contributed by atoms with E-state index in [0.29, 0.717) is 11.1 Å². The van der Waals surface area contributed by atoms with Crippen LogP contribution in [0.15, 0.2) is 35.2 Å². The molecule has 5 heteroatoms. The van der Waals surface area contributed by atoms with E-state index in [1.807, 2.05) is 0 Å². The van der Waals surface area contributed by atoms with Crippen LogP contribution in [-0.4, -0.2) is 13.1 Å². The monoisotopic (exact) mass is 284 g/mol. The highest BCUT2D eigenvalue weighted by atomic mass is 79.9. The van der Waals surface area contributed by atoms with Crippen LogP contribution >= 0.6 is 15.9 Å². The predicted octanol–water partition coefficient (Wildman–Crippen LogP) is 2.75. The minimum absolute atomic E-state index is 0.415. The first-order valence-electron chi connectivity index (χ1n) is 4.56. The van der Waals surface area contributed by atoms with Crippen molar-refractivity contribution in [3.63, 3.8) is 0 Å². The van der Waals surface area contributed by atoms with E-state index in [1.54, 1.807) is 18.2 Å². The molecule has 1 aliphatic rings. The van der Waals surface area contributed by atoms with Crippen molar-refractivity contribution in [2.75, 3.05) is 7.11 Å². The van der Waals surface area contributed by atoms with Gasteiger partial charge in [0.2, 0.25) is 0 Å². The van der Waals surface area contributed by atoms with Crippen LogP contribution in [-0.2, 0) is 14.2 Å². The number of hydrogen-bond donors (Lipinski definition) is 0. The third-order valence-electron chi connectivity index (χ3n) is 2.13. The van der Waals surface area contributed by atoms with E-state index in [0.717, 1.165) is 4.47 Å². The fourth-order valence-electron chi connectivity index (χ4n) is 1.41. The lowest BCUT2D eigenvalue weighted by atomic mass is 10.1. The molecule has 84 valence electrons. The molecule has 0 N–H and O–H groups in total. The summed E-state index contributed by atoms with van der Waals surface area (Å²) in [4.78, 5) is 11.5. The summed E-state index contributed by atoms with van der Waals surface area (Å²) >= 11 is 3.33. The first kappa shape index (κ1) is 11.0. The van der Waals surface area contributed by atoms with Gasteiger partial charge in [-0.3, -0.25) is 0 Å². The van der Waals surface area contributed by atoms with E-state index in [4.69, 9.17) is 14.2 Å². The van der Waals surface area contributed by atoms with Gasteiger partial charge in [0.25, 0.3) is 6.29 Å². The smallest absolute Gasteiger partial charge is 0.338 e. The normalized spacial score (nSPS) is 14.4. The summed E-state index contributed by atoms with van der Waals surface area (Å²) in [5, 5.41) is 0. The number of methoxy groups -OCH3 is 1. The Morgan fingerprint density at radius 1 is 1.38 bits per heavy atom. The first-order valence-corrected chi connectivity index (χ1v) is 5.35. The summed E-state index contributed by atoms with van der Waals surface area (Å²) in [5.74, 6) is -0.415. The van der Waals surface area contributed by atoms with Crippen LogP contribution in [0, 0.1) is 0 Å². The minimum atomic E-state index is -0.591. The van der Waals surface area contributed by atoms with Crippen LogP contribution in [0.25, 0.3) is 0 Å². The maximum Gasteiger partial charge on any atom is 0.338 e. The maximum atomic E-state index is 11.5. The van der Waals surface area contributed by atoms with Gasteiger partial charge in [0.05, 0.1) is 12.7 Å². The number of esters is 1. The molecule has 0 fully saturated rings. The fraction of sp³-hybridized carbons (Fsp3) is 0.182. The second-order valence-corrected chi connectivity index (χ2v) is 4.02. The Balaban J connectivity index is 2.39. The molecular weight excluding hydrogens is 276 g/mol. The molecule has 0 saturated carbocycles. The number of hydrogen-bond acceptors (Lipinski definition) is 4. The molecule has 1 heterocycles. The lowest BCUT2D eigenvalue weighted by Gasteiger charge is -2.14. The number of carbonyl (C=O) groups is 1. The fourth-order valence-corrected chi connectivity index (χ4v) is 1.79. The van der Waals surface area contributed by atoms with Gasteiger partial charge in [-0.1, -0.05) is 15.9 Å². The number of rotatable bonds is 2. The molecule has 0 amide bonds. The third kappa shape index (κ3) is 2.04. The Bertz CT molecular complexity index is 434. The molecule has 0 aromatic heterocycles. The standard InChI is InChI=1S/C11H9BrO4/c1-14-10(13)8-3-2-7(12)6-9(8)11-15-4-5-16-11/h2-6,11H,1H3. The number of ether oxygens (including phenoxy) is 3. The molecule has 0 radical (unpaired) electrons. The van der Waals surface area contributed by atoms with Crippen LogP contribution in [0.2, 0.25) is 0 Å². The second-order valence-electron chi connectivity index (χ2n) is 3.10. The molecule has 0 aliphatic carbocycles. The quantitative estimate of drug-likeness (QED) is 0.784. The van der Waals surface area contributed by atoms with E-state index in [1.165, 1.54) is 19.6 Å². The van der Waals surface area contributed by atoms with Gasteiger partial charge in [0.1, 0.15) is 12.5 Å². The van der Waals surface area contributed by atoms with Gasteiger partial charge in [0.15, 0.2) is 0 Å². The Labute approximate surface area is 101 Å². The zero-order valence-corrected chi connectivity index (χ0v) is 10.1. The Hall–Kier alpha value is -1.49. The summed E-state index contributed by atoms with van der Waals surface area (Å²) in [6, 6.07) is 5.19. The van der Waals surface area contributed by atoms with Crippen LogP contribution in [0.5, 0.6) is 0 Å². The molecule has 1 aromatic carbocycles. The number of carbonyl (C=O) groups excluding carboxylic acids is 1. The van der Waals surface area contributed by atoms with Crippen molar-refractivity contribution in [3.8, 4) is 0 Å². The van der Waals surface area contributed by atoms with E-state index in [-0.39, 0.29) is 0 Å². The van der Waals surface area contributed by atoms with Gasteiger partial charge in [-0.15, -0.1) is 0 Å². The molecule has 1 aromatic rings. The van der Waals surface area contributed by atoms with Gasteiger partial charge in [-0.2, -0.15) is 0 Å². The van der Waals surface area contributed by atoms with Gasteiger partial charge in [-0.05, 0) is 18.2 Å². The zero-order valence-electron chi connectivity index (χ0n) is 8.48. The highest BCUT2D eigenvalue weighted by Crippen LogP contribution is 2.29. The van der Waals surface area contributed by atoms with E-state index in [2.05, 4.69) is 15.9 Å². The van der Waals surface area contributed by atoms with Crippen molar-refractivity contribution in [2.24, 2.45) is 0 Å². The minimum Gasteiger partial charge on any atom is -0.465 e. The summed E-state index contributed by atoms with van der Waals surface area (Å²) in [6.07, 6.45) is 2.28. The van der Waals surface area contributed by atoms with Gasteiger partial charge >= 0.3 is 5.97 Å². The molecule has 0 atom stereocenters. The van der Waals surface area contributed by atoms with Crippen LogP contribution in [0.3, 0.4) is 0 Å². The Morgan fingerprint density at radius 2 is 2.06 bits per heavy atom. The van der Waals surface area contributed by atoms with Crippen LogP contribution in [0.1, 0.15) is 22.2 Å². The molecule has 2 rings (SSSR count). The van der Waals surface area contributed by atoms with Gasteiger partial charge in [-0.25, -0.2) is 4.79 Å². The maximum absolute atomic E-state index is 11.5. The summed E-state index contributed by atoms with van der Waals surface area (Å²) in [6.45, 7) is 0. The molecule has 4 nitrogen and oxygen atoms in total. The molecule has 16 heavy (non-hydrogen) atoms. The topological polar surface area (TPSA) is 44.8 Å². The van der Waals surface area contributed by atoms with Crippen molar-refractivity contribution in [1.29, 1.82) is 0 Å². The Kier molecular flexibility index (Phi) is 3.14. The number of halogens is 1. The average molecular weight is 285 g/mol. The highest BCUT2D eigenvalue weighted by Gasteiger charge is 2.23. The summed E-state index contributed by atoms with van der Waals surface area (Å²) < 4.78 is 15.9. The van der Waals surface area contributed by atoms with Crippen LogP contribution in [0.4, 0.5) is 0 Å². The second kappa shape index (κ2) is 4.57. The molecule has 0 spiro atoms. The SMILES string of the molecule is COC(=O)c1ccc(Br)cc1C1OC=CO1. The van der Waals surface area contributed by atoms with Crippen molar-refractivity contribution >= 4 is 21.9 Å². The van der Waals surface area contributed by atoms with E-state index < -0.39 is 12.3 Å². The average Bonchev–Trinajstić information content (AvgIpc) is 2.81. The van der Waals surface area contributed by atoms with Crippen molar-refractivity contribution in [1.82, 2.24) is 0 Å². The summed E-state index contributed by atoms with van der Waals surface area (Å²) in [5.41, 5.74) is 1.06. The molecule has 1 aliphatic heterocycles. The zero-order chi connectivity index (χ0) is 11.5. The number of benzene rings is 1. The molecule has 0 bridgehead atoms. The largest absolute Gasteiger partial charge is 0.465 e. The van der Waals surface area contributed by atoms with Crippen molar-refractivity contribution in [3.05, 3.63) is 46.3 Å². The van der Waals surface area contributed by atoms with Crippen molar-refractivity contribution in [2.45, 2.75) is 6.29 Å². The van der Waals surface area contributed by atoms with Gasteiger partial charge < -0.3 is 14.2 Å². The lowest BCUT2D eigenvalue weighted by molar-refractivity contribution is -0.0256. The van der Waals surface area contributed by atoms with E-state index >= 15 is 0 Å².